The van der Waals surface area contributed by atoms with Crippen molar-refractivity contribution in [3.05, 3.63) is 27.7 Å². The van der Waals surface area contributed by atoms with Gasteiger partial charge in [0.15, 0.2) is 0 Å². The van der Waals surface area contributed by atoms with E-state index in [-0.39, 0.29) is 0 Å². The second kappa shape index (κ2) is 5.86. The minimum absolute atomic E-state index is 0.444. The third-order valence-corrected chi connectivity index (χ3v) is 2.94. The Morgan fingerprint density at radius 3 is 2.75 bits per heavy atom. The van der Waals surface area contributed by atoms with Crippen molar-refractivity contribution >= 4 is 21.8 Å². The topological polar surface area (TPSA) is 64.3 Å². The second-order valence-corrected chi connectivity index (χ2v) is 4.22. The SMILES string of the molecule is CNCCc1cc(C(N)=O)c(Br)cc1OC. The van der Waals surface area contributed by atoms with E-state index in [0.717, 1.165) is 24.3 Å². The molecule has 0 aliphatic rings. The van der Waals surface area contributed by atoms with E-state index in [4.69, 9.17) is 10.5 Å². The van der Waals surface area contributed by atoms with Gasteiger partial charge in [0.2, 0.25) is 5.91 Å². The van der Waals surface area contributed by atoms with Crippen molar-refractivity contribution in [2.45, 2.75) is 6.42 Å². The van der Waals surface area contributed by atoms with Gasteiger partial charge in [-0.1, -0.05) is 0 Å². The smallest absolute Gasteiger partial charge is 0.249 e. The van der Waals surface area contributed by atoms with Crippen LogP contribution in [0.5, 0.6) is 5.75 Å². The molecule has 0 saturated heterocycles. The van der Waals surface area contributed by atoms with Crippen molar-refractivity contribution in [1.29, 1.82) is 0 Å². The van der Waals surface area contributed by atoms with Gasteiger partial charge < -0.3 is 15.8 Å². The van der Waals surface area contributed by atoms with Gasteiger partial charge in [0, 0.05) is 4.47 Å². The maximum Gasteiger partial charge on any atom is 0.249 e. The zero-order valence-electron chi connectivity index (χ0n) is 9.34. The van der Waals surface area contributed by atoms with Crippen LogP contribution < -0.4 is 15.8 Å². The Balaban J connectivity index is 3.12. The number of hydrogen-bond acceptors (Lipinski definition) is 3. The third-order valence-electron chi connectivity index (χ3n) is 2.28. The predicted octanol–water partition coefficient (Wildman–Crippen LogP) is 1.32. The lowest BCUT2D eigenvalue weighted by atomic mass is 10.1. The average molecular weight is 287 g/mol. The molecule has 0 aliphatic carbocycles. The Morgan fingerprint density at radius 2 is 2.25 bits per heavy atom. The Morgan fingerprint density at radius 1 is 1.56 bits per heavy atom. The molecule has 0 aliphatic heterocycles. The van der Waals surface area contributed by atoms with E-state index in [2.05, 4.69) is 21.2 Å². The van der Waals surface area contributed by atoms with Gasteiger partial charge in [0.1, 0.15) is 5.75 Å². The molecule has 16 heavy (non-hydrogen) atoms. The highest BCUT2D eigenvalue weighted by atomic mass is 79.9. The Kier molecular flexibility index (Phi) is 4.76. The number of hydrogen-bond donors (Lipinski definition) is 2. The van der Waals surface area contributed by atoms with Crippen LogP contribution in [0.2, 0.25) is 0 Å². The van der Waals surface area contributed by atoms with Crippen molar-refractivity contribution in [2.24, 2.45) is 5.73 Å². The molecule has 1 rings (SSSR count). The van der Waals surface area contributed by atoms with E-state index in [1.807, 2.05) is 7.05 Å². The number of ether oxygens (including phenoxy) is 1. The standard InChI is InChI=1S/C11H15BrN2O2/c1-14-4-3-7-5-8(11(13)15)9(12)6-10(7)16-2/h5-6,14H,3-4H2,1-2H3,(H2,13,15). The summed E-state index contributed by atoms with van der Waals surface area (Å²) < 4.78 is 5.91. The molecule has 5 heteroatoms. The summed E-state index contributed by atoms with van der Waals surface area (Å²) in [6.07, 6.45) is 0.785. The molecule has 0 heterocycles. The summed E-state index contributed by atoms with van der Waals surface area (Å²) >= 11 is 3.29. The molecule has 0 spiro atoms. The zero-order chi connectivity index (χ0) is 12.1. The van der Waals surface area contributed by atoms with E-state index in [1.54, 1.807) is 19.2 Å². The van der Waals surface area contributed by atoms with Crippen LogP contribution in [0.1, 0.15) is 15.9 Å². The first kappa shape index (κ1) is 13.0. The number of likely N-dealkylation sites (N-methyl/N-ethyl adjacent to an activating group) is 1. The van der Waals surface area contributed by atoms with Crippen molar-refractivity contribution in [1.82, 2.24) is 5.32 Å². The van der Waals surface area contributed by atoms with Crippen LogP contribution in [-0.4, -0.2) is 26.6 Å². The fourth-order valence-corrected chi connectivity index (χ4v) is 1.95. The molecule has 0 radical (unpaired) electrons. The van der Waals surface area contributed by atoms with E-state index >= 15 is 0 Å². The molecular weight excluding hydrogens is 272 g/mol. The highest BCUT2D eigenvalue weighted by Gasteiger charge is 2.12. The molecule has 1 aromatic carbocycles. The molecule has 0 fully saturated rings. The van der Waals surface area contributed by atoms with Gasteiger partial charge in [0.25, 0.3) is 0 Å². The third kappa shape index (κ3) is 2.96. The average Bonchev–Trinajstić information content (AvgIpc) is 2.26. The number of halogens is 1. The second-order valence-electron chi connectivity index (χ2n) is 3.36. The van der Waals surface area contributed by atoms with Crippen LogP contribution in [0.25, 0.3) is 0 Å². The molecule has 0 unspecified atom stereocenters. The van der Waals surface area contributed by atoms with Crippen molar-refractivity contribution in [2.75, 3.05) is 20.7 Å². The first-order valence-corrected chi connectivity index (χ1v) is 5.70. The lowest BCUT2D eigenvalue weighted by molar-refractivity contribution is 0.0999. The summed E-state index contributed by atoms with van der Waals surface area (Å²) in [4.78, 5) is 11.2. The summed E-state index contributed by atoms with van der Waals surface area (Å²) in [7, 11) is 3.48. The molecule has 0 atom stereocenters. The number of benzene rings is 1. The van der Waals surface area contributed by atoms with Gasteiger partial charge in [0.05, 0.1) is 12.7 Å². The van der Waals surface area contributed by atoms with E-state index in [9.17, 15) is 4.79 Å². The lowest BCUT2D eigenvalue weighted by Crippen LogP contribution is -2.14. The van der Waals surface area contributed by atoms with Crippen molar-refractivity contribution in [3.63, 3.8) is 0 Å². The Labute approximate surface area is 103 Å². The van der Waals surface area contributed by atoms with Crippen molar-refractivity contribution in [3.8, 4) is 5.75 Å². The summed E-state index contributed by atoms with van der Waals surface area (Å²) in [5.41, 5.74) is 6.72. The molecule has 0 saturated carbocycles. The fourth-order valence-electron chi connectivity index (χ4n) is 1.43. The fraction of sp³-hybridized carbons (Fsp3) is 0.364. The van der Waals surface area contributed by atoms with Crippen LogP contribution in [0.3, 0.4) is 0 Å². The minimum Gasteiger partial charge on any atom is -0.496 e. The molecule has 1 amide bonds. The molecule has 4 nitrogen and oxygen atoms in total. The van der Waals surface area contributed by atoms with Gasteiger partial charge in [-0.15, -0.1) is 0 Å². The number of methoxy groups -OCH3 is 1. The van der Waals surface area contributed by atoms with Crippen molar-refractivity contribution < 1.29 is 9.53 Å². The Hall–Kier alpha value is -1.07. The Bertz CT molecular complexity index is 394. The predicted molar refractivity (Wildman–Crippen MR) is 66.8 cm³/mol. The number of rotatable bonds is 5. The number of nitrogens with one attached hydrogen (secondary N) is 1. The number of primary amides is 1. The summed E-state index contributed by atoms with van der Waals surface area (Å²) in [5, 5.41) is 3.05. The van der Waals surface area contributed by atoms with Gasteiger partial charge >= 0.3 is 0 Å². The highest BCUT2D eigenvalue weighted by molar-refractivity contribution is 9.10. The van der Waals surface area contributed by atoms with E-state index in [1.165, 1.54) is 0 Å². The molecule has 0 aromatic heterocycles. The largest absolute Gasteiger partial charge is 0.496 e. The van der Waals surface area contributed by atoms with Crippen LogP contribution in [0.15, 0.2) is 16.6 Å². The lowest BCUT2D eigenvalue weighted by Gasteiger charge is -2.11. The number of nitrogens with two attached hydrogens (primary N) is 1. The number of carbonyl (C=O) groups excluding carboxylic acids is 1. The first-order valence-electron chi connectivity index (χ1n) is 4.91. The maximum absolute atomic E-state index is 11.2. The van der Waals surface area contributed by atoms with E-state index < -0.39 is 5.91 Å². The zero-order valence-corrected chi connectivity index (χ0v) is 10.9. The molecule has 0 bridgehead atoms. The van der Waals surface area contributed by atoms with E-state index in [0.29, 0.717) is 10.0 Å². The first-order chi connectivity index (χ1) is 7.60. The summed E-state index contributed by atoms with van der Waals surface area (Å²) in [6, 6.07) is 3.54. The highest BCUT2D eigenvalue weighted by Crippen LogP contribution is 2.27. The van der Waals surface area contributed by atoms with Gasteiger partial charge in [-0.25, -0.2) is 0 Å². The number of carbonyl (C=O) groups is 1. The molecular formula is C11H15BrN2O2. The van der Waals surface area contributed by atoms with Crippen LogP contribution in [0.4, 0.5) is 0 Å². The molecule has 3 N–H and O–H groups in total. The monoisotopic (exact) mass is 286 g/mol. The normalized spacial score (nSPS) is 10.2. The van der Waals surface area contributed by atoms with Crippen LogP contribution in [0, 0.1) is 0 Å². The number of amides is 1. The van der Waals surface area contributed by atoms with Gasteiger partial charge in [-0.05, 0) is 53.6 Å². The molecule has 88 valence electrons. The quantitative estimate of drug-likeness (QED) is 0.858. The van der Waals surface area contributed by atoms with Crippen LogP contribution >= 0.6 is 15.9 Å². The van der Waals surface area contributed by atoms with Crippen LogP contribution in [-0.2, 0) is 6.42 Å². The van der Waals surface area contributed by atoms with Gasteiger partial charge in [-0.2, -0.15) is 0 Å². The summed E-state index contributed by atoms with van der Waals surface area (Å²) in [6.45, 7) is 0.816. The van der Waals surface area contributed by atoms with Gasteiger partial charge in [-0.3, -0.25) is 4.79 Å². The minimum atomic E-state index is -0.444. The molecule has 1 aromatic rings. The summed E-state index contributed by atoms with van der Waals surface area (Å²) in [5.74, 6) is 0.312. The maximum atomic E-state index is 11.2.